The topological polar surface area (TPSA) is 46.9 Å². The molecule has 4 nitrogen and oxygen atoms in total. The Balaban J connectivity index is 1.70. The summed E-state index contributed by atoms with van der Waals surface area (Å²) in [6, 6.07) is 12.9. The minimum Gasteiger partial charge on any atom is -0.325 e. The van der Waals surface area contributed by atoms with Gasteiger partial charge in [-0.05, 0) is 37.3 Å². The Bertz CT molecular complexity index is 874. The molecule has 0 aliphatic carbocycles. The Hall–Kier alpha value is -1.69. The lowest BCUT2D eigenvalue weighted by molar-refractivity contribution is -0.113. The summed E-state index contributed by atoms with van der Waals surface area (Å²) in [6.07, 6.45) is 0. The number of hydrogen-bond donors (Lipinski definition) is 1. The van der Waals surface area contributed by atoms with E-state index in [0.29, 0.717) is 15.7 Å². The van der Waals surface area contributed by atoms with Crippen LogP contribution in [0.4, 0.5) is 5.69 Å². The zero-order chi connectivity index (χ0) is 17.1. The molecule has 0 spiro atoms. The lowest BCUT2D eigenvalue weighted by Gasteiger charge is -2.07. The Morgan fingerprint density at radius 1 is 1.21 bits per heavy atom. The van der Waals surface area contributed by atoms with Crippen molar-refractivity contribution in [1.29, 1.82) is 0 Å². The Morgan fingerprint density at radius 2 is 1.92 bits per heavy atom. The molecule has 0 saturated heterocycles. The van der Waals surface area contributed by atoms with E-state index in [9.17, 15) is 4.79 Å². The van der Waals surface area contributed by atoms with Gasteiger partial charge in [-0.15, -0.1) is 0 Å². The number of nitrogens with zero attached hydrogens (tertiary/aromatic N) is 2. The van der Waals surface area contributed by atoms with Crippen LogP contribution in [-0.2, 0) is 11.3 Å². The molecular formula is C17H15Cl2N3OS. The second-order valence-electron chi connectivity index (χ2n) is 5.12. The number of amides is 1. The van der Waals surface area contributed by atoms with Crippen LogP contribution in [0.2, 0.25) is 10.0 Å². The lowest BCUT2D eigenvalue weighted by atomic mass is 10.3. The van der Waals surface area contributed by atoms with Gasteiger partial charge in [0.2, 0.25) is 5.91 Å². The van der Waals surface area contributed by atoms with Gasteiger partial charge < -0.3 is 9.88 Å². The van der Waals surface area contributed by atoms with Gasteiger partial charge in [0.1, 0.15) is 0 Å². The number of carbonyl (C=O) groups excluding carboxylic acids is 1. The normalized spacial score (nSPS) is 11.0. The zero-order valence-electron chi connectivity index (χ0n) is 12.9. The maximum Gasteiger partial charge on any atom is 0.234 e. The zero-order valence-corrected chi connectivity index (χ0v) is 15.3. The standard InChI is InChI=1S/C17H15Cl2N3OS/c1-2-22-15-6-4-3-5-14(15)21-17(22)24-10-16(23)20-13-8-11(18)7-12(19)9-13/h3-9H,2,10H2,1H3,(H,20,23). The molecule has 0 aliphatic rings. The second-order valence-corrected chi connectivity index (χ2v) is 6.94. The number of aromatic nitrogens is 2. The Labute approximate surface area is 154 Å². The molecule has 24 heavy (non-hydrogen) atoms. The van der Waals surface area contributed by atoms with Crippen molar-refractivity contribution >= 4 is 57.6 Å². The summed E-state index contributed by atoms with van der Waals surface area (Å²) in [7, 11) is 0. The highest BCUT2D eigenvalue weighted by molar-refractivity contribution is 7.99. The maximum absolute atomic E-state index is 12.2. The number of halogens is 2. The van der Waals surface area contributed by atoms with Gasteiger partial charge in [0.15, 0.2) is 5.16 Å². The van der Waals surface area contributed by atoms with E-state index in [1.807, 2.05) is 24.3 Å². The van der Waals surface area contributed by atoms with E-state index in [4.69, 9.17) is 23.2 Å². The van der Waals surface area contributed by atoms with Gasteiger partial charge in [-0.2, -0.15) is 0 Å². The third kappa shape index (κ3) is 3.86. The summed E-state index contributed by atoms with van der Waals surface area (Å²) in [5.41, 5.74) is 2.59. The average Bonchev–Trinajstić information content (AvgIpc) is 2.89. The van der Waals surface area contributed by atoms with Gasteiger partial charge in [-0.1, -0.05) is 47.1 Å². The molecule has 1 amide bonds. The summed E-state index contributed by atoms with van der Waals surface area (Å²) in [6.45, 7) is 2.86. The molecule has 3 rings (SSSR count). The molecule has 124 valence electrons. The molecule has 1 aromatic heterocycles. The summed E-state index contributed by atoms with van der Waals surface area (Å²) >= 11 is 13.3. The van der Waals surface area contributed by atoms with Crippen LogP contribution in [0.15, 0.2) is 47.6 Å². The molecule has 2 aromatic carbocycles. The van der Waals surface area contributed by atoms with Crippen molar-refractivity contribution in [1.82, 2.24) is 9.55 Å². The number of aryl methyl sites for hydroxylation is 1. The Kier molecular flexibility index (Phi) is 5.33. The van der Waals surface area contributed by atoms with E-state index in [2.05, 4.69) is 21.8 Å². The lowest BCUT2D eigenvalue weighted by Crippen LogP contribution is -2.14. The highest BCUT2D eigenvalue weighted by Crippen LogP contribution is 2.25. The average molecular weight is 380 g/mol. The van der Waals surface area contributed by atoms with Crippen LogP contribution in [0.1, 0.15) is 6.92 Å². The van der Waals surface area contributed by atoms with E-state index in [1.54, 1.807) is 18.2 Å². The first-order valence-electron chi connectivity index (χ1n) is 7.41. The number of carbonyl (C=O) groups is 1. The minimum absolute atomic E-state index is 0.131. The third-order valence-corrected chi connectivity index (χ3v) is 4.83. The van der Waals surface area contributed by atoms with Crippen molar-refractivity contribution in [2.45, 2.75) is 18.6 Å². The molecule has 1 N–H and O–H groups in total. The highest BCUT2D eigenvalue weighted by Gasteiger charge is 2.12. The van der Waals surface area contributed by atoms with Crippen molar-refractivity contribution in [3.05, 3.63) is 52.5 Å². The van der Waals surface area contributed by atoms with Gasteiger partial charge in [0, 0.05) is 22.3 Å². The quantitative estimate of drug-likeness (QED) is 0.627. The third-order valence-electron chi connectivity index (χ3n) is 3.41. The second kappa shape index (κ2) is 7.47. The van der Waals surface area contributed by atoms with Crippen LogP contribution in [0.5, 0.6) is 0 Å². The first-order valence-corrected chi connectivity index (χ1v) is 9.15. The van der Waals surface area contributed by atoms with Crippen molar-refractivity contribution in [2.75, 3.05) is 11.1 Å². The highest BCUT2D eigenvalue weighted by atomic mass is 35.5. The van der Waals surface area contributed by atoms with Crippen molar-refractivity contribution < 1.29 is 4.79 Å². The summed E-state index contributed by atoms with van der Waals surface area (Å²) in [4.78, 5) is 16.8. The minimum atomic E-state index is -0.131. The first kappa shape index (κ1) is 17.1. The van der Waals surface area contributed by atoms with E-state index in [-0.39, 0.29) is 11.7 Å². The number of para-hydroxylation sites is 2. The van der Waals surface area contributed by atoms with Gasteiger partial charge in [0.25, 0.3) is 0 Å². The molecule has 0 saturated carbocycles. The fourth-order valence-electron chi connectivity index (χ4n) is 2.42. The van der Waals surface area contributed by atoms with Crippen molar-refractivity contribution in [3.63, 3.8) is 0 Å². The molecular weight excluding hydrogens is 365 g/mol. The smallest absolute Gasteiger partial charge is 0.234 e. The number of thioether (sulfide) groups is 1. The molecule has 3 aromatic rings. The van der Waals surface area contributed by atoms with Gasteiger partial charge in [-0.3, -0.25) is 4.79 Å². The van der Waals surface area contributed by atoms with Crippen LogP contribution in [0, 0.1) is 0 Å². The molecule has 1 heterocycles. The van der Waals surface area contributed by atoms with Gasteiger partial charge in [0.05, 0.1) is 16.8 Å². The summed E-state index contributed by atoms with van der Waals surface area (Å²) < 4.78 is 2.10. The summed E-state index contributed by atoms with van der Waals surface area (Å²) in [5, 5.41) is 4.60. The largest absolute Gasteiger partial charge is 0.325 e. The SMILES string of the molecule is CCn1c(SCC(=O)Nc2cc(Cl)cc(Cl)c2)nc2ccccc21. The predicted octanol–water partition coefficient (Wildman–Crippen LogP) is 5.09. The van der Waals surface area contributed by atoms with Crippen LogP contribution < -0.4 is 5.32 Å². The van der Waals surface area contributed by atoms with Gasteiger partial charge in [-0.25, -0.2) is 4.98 Å². The molecule has 0 aliphatic heterocycles. The van der Waals surface area contributed by atoms with E-state index < -0.39 is 0 Å². The molecule has 0 radical (unpaired) electrons. The number of benzene rings is 2. The molecule has 0 fully saturated rings. The number of hydrogen-bond acceptors (Lipinski definition) is 3. The molecule has 0 bridgehead atoms. The van der Waals surface area contributed by atoms with Gasteiger partial charge >= 0.3 is 0 Å². The first-order chi connectivity index (χ1) is 11.6. The molecule has 0 atom stereocenters. The monoisotopic (exact) mass is 379 g/mol. The number of fused-ring (bicyclic) bond motifs is 1. The van der Waals surface area contributed by atoms with E-state index in [1.165, 1.54) is 11.8 Å². The maximum atomic E-state index is 12.2. The number of imidazole rings is 1. The number of nitrogens with one attached hydrogen (secondary N) is 1. The van der Waals surface area contributed by atoms with Crippen LogP contribution in [0.25, 0.3) is 11.0 Å². The fraction of sp³-hybridized carbons (Fsp3) is 0.176. The summed E-state index contributed by atoms with van der Waals surface area (Å²) in [5.74, 6) is 0.126. The fourth-order valence-corrected chi connectivity index (χ4v) is 3.83. The number of anilines is 1. The van der Waals surface area contributed by atoms with E-state index >= 15 is 0 Å². The van der Waals surface area contributed by atoms with E-state index in [0.717, 1.165) is 22.7 Å². The van der Waals surface area contributed by atoms with Crippen molar-refractivity contribution in [2.24, 2.45) is 0 Å². The van der Waals surface area contributed by atoms with Crippen LogP contribution in [0.3, 0.4) is 0 Å². The number of rotatable bonds is 5. The Morgan fingerprint density at radius 3 is 2.62 bits per heavy atom. The molecule has 0 unspecified atom stereocenters. The van der Waals surface area contributed by atoms with Crippen molar-refractivity contribution in [3.8, 4) is 0 Å². The van der Waals surface area contributed by atoms with Crippen LogP contribution in [-0.4, -0.2) is 21.2 Å². The van der Waals surface area contributed by atoms with Crippen LogP contribution >= 0.6 is 35.0 Å². The molecule has 7 heteroatoms. The predicted molar refractivity (Wildman–Crippen MR) is 101 cm³/mol.